The van der Waals surface area contributed by atoms with Crippen molar-refractivity contribution >= 4 is 11.0 Å². The third kappa shape index (κ3) is 2.97. The highest BCUT2D eigenvalue weighted by molar-refractivity contribution is 5.83. The second-order valence-electron chi connectivity index (χ2n) is 7.24. The molecule has 148 valence electrons. The second-order valence-corrected chi connectivity index (χ2v) is 7.24. The van der Waals surface area contributed by atoms with Crippen LogP contribution in [0.2, 0.25) is 0 Å². The average molecular weight is 398 g/mol. The highest BCUT2D eigenvalue weighted by Gasteiger charge is 2.23. The van der Waals surface area contributed by atoms with E-state index in [0.29, 0.717) is 16.8 Å². The number of fused-ring (bicyclic) bond motifs is 1. The van der Waals surface area contributed by atoms with Crippen molar-refractivity contribution < 1.29 is 8.91 Å². The Kier molecular flexibility index (Phi) is 4.39. The fourth-order valence-corrected chi connectivity index (χ4v) is 3.98. The van der Waals surface area contributed by atoms with Crippen LogP contribution in [0.1, 0.15) is 28.8 Å². The van der Waals surface area contributed by atoms with Gasteiger partial charge in [-0.2, -0.15) is 0 Å². The van der Waals surface area contributed by atoms with E-state index in [1.54, 1.807) is 12.4 Å². The summed E-state index contributed by atoms with van der Waals surface area (Å²) in [5.74, 6) is 0.337. The minimum absolute atomic E-state index is 0.291. The molecule has 1 atom stereocenters. The molecule has 0 unspecified atom stereocenters. The van der Waals surface area contributed by atoms with E-state index in [1.807, 2.05) is 73.0 Å². The average Bonchev–Trinajstić information content (AvgIpc) is 3.28. The third-order valence-electron chi connectivity index (χ3n) is 5.31. The lowest BCUT2D eigenvalue weighted by Crippen LogP contribution is -2.13. The molecule has 5 nitrogen and oxygen atoms in total. The summed E-state index contributed by atoms with van der Waals surface area (Å²) < 4.78 is 22.1. The van der Waals surface area contributed by atoms with Gasteiger partial charge in [0, 0.05) is 29.7 Å². The Hall–Kier alpha value is -3.80. The van der Waals surface area contributed by atoms with Crippen LogP contribution in [0.5, 0.6) is 0 Å². The van der Waals surface area contributed by atoms with Crippen LogP contribution in [0.15, 0.2) is 77.7 Å². The van der Waals surface area contributed by atoms with Gasteiger partial charge in [-0.25, -0.2) is 4.39 Å². The lowest BCUT2D eigenvalue weighted by atomic mass is 10.0. The molecule has 0 saturated heterocycles. The van der Waals surface area contributed by atoms with E-state index in [1.165, 1.54) is 6.20 Å². The summed E-state index contributed by atoms with van der Waals surface area (Å²) in [5.41, 5.74) is 5.33. The van der Waals surface area contributed by atoms with Gasteiger partial charge in [0.05, 0.1) is 16.9 Å². The molecule has 0 fully saturated rings. The summed E-state index contributed by atoms with van der Waals surface area (Å²) in [5, 5.41) is 4.04. The molecule has 30 heavy (non-hydrogen) atoms. The Morgan fingerprint density at radius 2 is 1.80 bits per heavy atom. The maximum absolute atomic E-state index is 14.9. The molecule has 0 bridgehead atoms. The van der Waals surface area contributed by atoms with E-state index in [9.17, 15) is 4.39 Å². The standard InChI is InChI=1S/C24H19FN4O/c1-15-22(16(2)30-28-15)18-12-21-23(27-13-18)19(25)14-29(21)24(17-8-4-3-5-9-17)20-10-6-7-11-26-20/h3-14,24H,1-2H3/t24-/m0/s1. The Morgan fingerprint density at radius 3 is 2.50 bits per heavy atom. The summed E-state index contributed by atoms with van der Waals surface area (Å²) in [7, 11) is 0. The quantitative estimate of drug-likeness (QED) is 0.402. The van der Waals surface area contributed by atoms with E-state index in [-0.39, 0.29) is 11.9 Å². The van der Waals surface area contributed by atoms with Crippen molar-refractivity contribution in [2.24, 2.45) is 0 Å². The molecule has 0 aliphatic rings. The molecule has 4 aromatic heterocycles. The maximum atomic E-state index is 14.9. The van der Waals surface area contributed by atoms with E-state index < -0.39 is 0 Å². The maximum Gasteiger partial charge on any atom is 0.167 e. The van der Waals surface area contributed by atoms with Gasteiger partial charge in [0.1, 0.15) is 17.3 Å². The predicted molar refractivity (Wildman–Crippen MR) is 113 cm³/mol. The van der Waals surface area contributed by atoms with Crippen molar-refractivity contribution in [1.82, 2.24) is 19.7 Å². The van der Waals surface area contributed by atoms with Crippen LogP contribution in [0.4, 0.5) is 4.39 Å². The molecule has 0 radical (unpaired) electrons. The van der Waals surface area contributed by atoms with Gasteiger partial charge in [0.25, 0.3) is 0 Å². The van der Waals surface area contributed by atoms with Crippen LogP contribution in [0.3, 0.4) is 0 Å². The summed E-state index contributed by atoms with van der Waals surface area (Å²) in [6, 6.07) is 17.4. The first-order valence-electron chi connectivity index (χ1n) is 9.68. The molecule has 5 rings (SSSR count). The van der Waals surface area contributed by atoms with E-state index in [0.717, 1.165) is 28.1 Å². The molecule has 6 heteroatoms. The number of benzene rings is 1. The number of rotatable bonds is 4. The van der Waals surface area contributed by atoms with E-state index in [4.69, 9.17) is 4.52 Å². The van der Waals surface area contributed by atoms with Crippen LogP contribution in [-0.4, -0.2) is 19.7 Å². The summed E-state index contributed by atoms with van der Waals surface area (Å²) in [4.78, 5) is 8.98. The highest BCUT2D eigenvalue weighted by Crippen LogP contribution is 2.34. The van der Waals surface area contributed by atoms with Gasteiger partial charge in [0.2, 0.25) is 0 Å². The molecule has 1 aromatic carbocycles. The number of nitrogens with zero attached hydrogens (tertiary/aromatic N) is 4. The second kappa shape index (κ2) is 7.22. The molecule has 0 N–H and O–H groups in total. The van der Waals surface area contributed by atoms with Crippen LogP contribution in [0.25, 0.3) is 22.2 Å². The molecule has 0 aliphatic carbocycles. The smallest absolute Gasteiger partial charge is 0.167 e. The van der Waals surface area contributed by atoms with Crippen LogP contribution >= 0.6 is 0 Å². The van der Waals surface area contributed by atoms with Gasteiger partial charge in [-0.05, 0) is 37.6 Å². The number of aromatic nitrogens is 4. The van der Waals surface area contributed by atoms with Crippen molar-refractivity contribution in [2.75, 3.05) is 0 Å². The normalized spacial score (nSPS) is 12.4. The Labute approximate surface area is 172 Å². The summed E-state index contributed by atoms with van der Waals surface area (Å²) in [6.07, 6.45) is 4.92. The number of hydrogen-bond donors (Lipinski definition) is 0. The fraction of sp³-hybridized carbons (Fsp3) is 0.125. The lowest BCUT2D eigenvalue weighted by molar-refractivity contribution is 0.393. The topological polar surface area (TPSA) is 56.7 Å². The first-order valence-corrected chi connectivity index (χ1v) is 9.68. The van der Waals surface area contributed by atoms with Crippen LogP contribution in [-0.2, 0) is 0 Å². The van der Waals surface area contributed by atoms with Crippen molar-refractivity contribution in [3.63, 3.8) is 0 Å². The Balaban J connectivity index is 1.77. The number of halogens is 1. The third-order valence-corrected chi connectivity index (χ3v) is 5.31. The zero-order valence-electron chi connectivity index (χ0n) is 16.6. The van der Waals surface area contributed by atoms with Crippen LogP contribution in [0, 0.1) is 19.7 Å². The van der Waals surface area contributed by atoms with Gasteiger partial charge in [0.15, 0.2) is 5.82 Å². The van der Waals surface area contributed by atoms with Gasteiger partial charge in [-0.3, -0.25) is 9.97 Å². The summed E-state index contributed by atoms with van der Waals surface area (Å²) in [6.45, 7) is 3.75. The van der Waals surface area contributed by atoms with Gasteiger partial charge in [-0.15, -0.1) is 0 Å². The molecule has 0 spiro atoms. The number of hydrogen-bond acceptors (Lipinski definition) is 4. The minimum atomic E-state index is -0.368. The SMILES string of the molecule is Cc1noc(C)c1-c1cnc2c(F)cn([C@@H](c3ccccc3)c3ccccn3)c2c1. The minimum Gasteiger partial charge on any atom is -0.361 e. The lowest BCUT2D eigenvalue weighted by Gasteiger charge is -2.20. The number of pyridine rings is 2. The first-order chi connectivity index (χ1) is 14.6. The van der Waals surface area contributed by atoms with Gasteiger partial charge < -0.3 is 9.09 Å². The van der Waals surface area contributed by atoms with E-state index in [2.05, 4.69) is 15.1 Å². The fourth-order valence-electron chi connectivity index (χ4n) is 3.98. The molecule has 5 aromatic rings. The first kappa shape index (κ1) is 18.2. The van der Waals surface area contributed by atoms with Crippen molar-refractivity contribution in [3.05, 3.63) is 102 Å². The monoisotopic (exact) mass is 398 g/mol. The van der Waals surface area contributed by atoms with E-state index >= 15 is 0 Å². The molecular weight excluding hydrogens is 379 g/mol. The zero-order chi connectivity index (χ0) is 20.7. The molecule has 0 saturated carbocycles. The molecule has 0 aliphatic heterocycles. The molecular formula is C24H19FN4O. The Morgan fingerprint density at radius 1 is 1.00 bits per heavy atom. The van der Waals surface area contributed by atoms with Crippen molar-refractivity contribution in [3.8, 4) is 11.1 Å². The van der Waals surface area contributed by atoms with Gasteiger partial charge >= 0.3 is 0 Å². The molecule has 4 heterocycles. The predicted octanol–water partition coefficient (Wildman–Crippen LogP) is 5.48. The van der Waals surface area contributed by atoms with Gasteiger partial charge in [-0.1, -0.05) is 41.6 Å². The van der Waals surface area contributed by atoms with Crippen LogP contribution < -0.4 is 0 Å². The van der Waals surface area contributed by atoms with Crippen molar-refractivity contribution in [2.45, 2.75) is 19.9 Å². The number of aryl methyl sites for hydroxylation is 2. The summed E-state index contributed by atoms with van der Waals surface area (Å²) >= 11 is 0. The largest absolute Gasteiger partial charge is 0.361 e. The highest BCUT2D eigenvalue weighted by atomic mass is 19.1. The van der Waals surface area contributed by atoms with Crippen molar-refractivity contribution in [1.29, 1.82) is 0 Å². The Bertz CT molecular complexity index is 1270. The zero-order valence-corrected chi connectivity index (χ0v) is 16.6. The molecule has 0 amide bonds.